The average molecular weight is 425 g/mol. The van der Waals surface area contributed by atoms with Crippen LogP contribution in [0.15, 0.2) is 42.5 Å². The summed E-state index contributed by atoms with van der Waals surface area (Å²) in [6.45, 7) is 1.15. The molecule has 0 unspecified atom stereocenters. The highest BCUT2D eigenvalue weighted by atomic mass is 32.1. The number of piperidine rings is 1. The van der Waals surface area contributed by atoms with Crippen molar-refractivity contribution in [1.29, 1.82) is 0 Å². The molecule has 2 heterocycles. The number of nitrogens with one attached hydrogen (secondary N) is 2. The number of urea groups is 1. The highest BCUT2D eigenvalue weighted by Gasteiger charge is 2.23. The van der Waals surface area contributed by atoms with Crippen LogP contribution in [-0.2, 0) is 11.2 Å². The zero-order chi connectivity index (χ0) is 20.9. The lowest BCUT2D eigenvalue weighted by Gasteiger charge is -2.28. The van der Waals surface area contributed by atoms with Gasteiger partial charge in [-0.15, -0.1) is 11.3 Å². The Morgan fingerprint density at radius 1 is 1.23 bits per heavy atom. The van der Waals surface area contributed by atoms with Crippen LogP contribution in [-0.4, -0.2) is 37.1 Å². The van der Waals surface area contributed by atoms with E-state index in [0.29, 0.717) is 43.1 Å². The van der Waals surface area contributed by atoms with Crippen LogP contribution in [0.25, 0.3) is 10.2 Å². The van der Waals surface area contributed by atoms with Crippen molar-refractivity contribution < 1.29 is 14.3 Å². The Morgan fingerprint density at radius 3 is 2.90 bits per heavy atom. The Hall–Kier alpha value is -3.13. The number of rotatable bonds is 6. The number of benzene rings is 2. The standard InChI is InChI=1S/C22H24N4O3S/c1-29-18-10-9-15(14-17(18)26-13-5-4-8-21(26)27)24-22(28)23-12-11-20-25-16-6-2-3-7-19(16)30-20/h2-3,6-7,9-10,14H,4-5,8,11-13H2,1H3,(H2,23,24,28). The minimum atomic E-state index is -0.294. The molecule has 30 heavy (non-hydrogen) atoms. The van der Waals surface area contributed by atoms with Gasteiger partial charge >= 0.3 is 6.03 Å². The fraction of sp³-hybridized carbons (Fsp3) is 0.318. The summed E-state index contributed by atoms with van der Waals surface area (Å²) in [7, 11) is 1.58. The molecule has 4 rings (SSSR count). The molecule has 156 valence electrons. The first kappa shape index (κ1) is 20.2. The SMILES string of the molecule is COc1ccc(NC(=O)NCCc2nc3ccccc3s2)cc1N1CCCCC1=O. The molecule has 3 aromatic rings. The molecule has 1 fully saturated rings. The Bertz CT molecular complexity index is 1030. The van der Waals surface area contributed by atoms with E-state index >= 15 is 0 Å². The molecule has 0 radical (unpaired) electrons. The summed E-state index contributed by atoms with van der Waals surface area (Å²) in [5.41, 5.74) is 2.29. The predicted octanol–water partition coefficient (Wildman–Crippen LogP) is 4.19. The second-order valence-electron chi connectivity index (χ2n) is 7.10. The molecule has 1 aliphatic heterocycles. The summed E-state index contributed by atoms with van der Waals surface area (Å²) in [5, 5.41) is 6.70. The second kappa shape index (κ2) is 9.13. The van der Waals surface area contributed by atoms with E-state index < -0.39 is 0 Å². The molecule has 0 aliphatic carbocycles. The molecule has 0 saturated carbocycles. The fourth-order valence-corrected chi connectivity index (χ4v) is 4.49. The van der Waals surface area contributed by atoms with Crippen LogP contribution < -0.4 is 20.3 Å². The molecule has 0 spiro atoms. The lowest BCUT2D eigenvalue weighted by molar-refractivity contribution is -0.119. The van der Waals surface area contributed by atoms with Crippen LogP contribution in [0.5, 0.6) is 5.75 Å². The fourth-order valence-electron chi connectivity index (χ4n) is 3.52. The topological polar surface area (TPSA) is 83.6 Å². The first-order chi connectivity index (χ1) is 14.6. The van der Waals surface area contributed by atoms with Crippen molar-refractivity contribution in [3.8, 4) is 5.75 Å². The van der Waals surface area contributed by atoms with Gasteiger partial charge in [0.05, 0.1) is 28.0 Å². The molecule has 2 N–H and O–H groups in total. The number of carbonyl (C=O) groups excluding carboxylic acids is 2. The molecular formula is C22H24N4O3S. The Kier molecular flexibility index (Phi) is 6.13. The number of thiazole rings is 1. The number of aromatic nitrogens is 1. The van der Waals surface area contributed by atoms with Crippen molar-refractivity contribution >= 4 is 44.9 Å². The van der Waals surface area contributed by atoms with Crippen molar-refractivity contribution in [3.63, 3.8) is 0 Å². The maximum absolute atomic E-state index is 12.3. The Labute approximate surface area is 179 Å². The number of amides is 3. The van der Waals surface area contributed by atoms with E-state index in [-0.39, 0.29) is 11.9 Å². The average Bonchev–Trinajstić information content (AvgIpc) is 3.17. The summed E-state index contributed by atoms with van der Waals surface area (Å²) in [6.07, 6.45) is 3.07. The maximum atomic E-state index is 12.3. The van der Waals surface area contributed by atoms with Gasteiger partial charge in [0.1, 0.15) is 5.75 Å². The van der Waals surface area contributed by atoms with Gasteiger partial charge in [0, 0.05) is 31.6 Å². The predicted molar refractivity (Wildman–Crippen MR) is 120 cm³/mol. The molecule has 1 aromatic heterocycles. The third-order valence-electron chi connectivity index (χ3n) is 5.01. The minimum Gasteiger partial charge on any atom is -0.495 e. The third-order valence-corrected chi connectivity index (χ3v) is 6.11. The number of carbonyl (C=O) groups is 2. The summed E-state index contributed by atoms with van der Waals surface area (Å²) < 4.78 is 6.57. The second-order valence-corrected chi connectivity index (χ2v) is 8.21. The summed E-state index contributed by atoms with van der Waals surface area (Å²) in [5.74, 6) is 0.698. The summed E-state index contributed by atoms with van der Waals surface area (Å²) in [6, 6.07) is 13.0. The molecule has 7 nitrogen and oxygen atoms in total. The van der Waals surface area contributed by atoms with Crippen molar-refractivity contribution in [3.05, 3.63) is 47.5 Å². The smallest absolute Gasteiger partial charge is 0.319 e. The van der Waals surface area contributed by atoms with E-state index in [9.17, 15) is 9.59 Å². The minimum absolute atomic E-state index is 0.0805. The lowest BCUT2D eigenvalue weighted by Crippen LogP contribution is -2.35. The van der Waals surface area contributed by atoms with Crippen LogP contribution in [0.3, 0.4) is 0 Å². The maximum Gasteiger partial charge on any atom is 0.319 e. The number of anilines is 2. The number of hydrogen-bond acceptors (Lipinski definition) is 5. The van der Waals surface area contributed by atoms with Gasteiger partial charge < -0.3 is 20.3 Å². The quantitative estimate of drug-likeness (QED) is 0.622. The van der Waals surface area contributed by atoms with Crippen LogP contribution in [0, 0.1) is 0 Å². The highest BCUT2D eigenvalue weighted by Crippen LogP contribution is 2.33. The molecule has 8 heteroatoms. The van der Waals surface area contributed by atoms with Gasteiger partial charge in [-0.2, -0.15) is 0 Å². The first-order valence-corrected chi connectivity index (χ1v) is 10.8. The largest absolute Gasteiger partial charge is 0.495 e. The van der Waals surface area contributed by atoms with Crippen molar-refractivity contribution in [2.75, 3.05) is 30.4 Å². The Balaban J connectivity index is 1.36. The van der Waals surface area contributed by atoms with Crippen LogP contribution in [0.1, 0.15) is 24.3 Å². The molecule has 2 aromatic carbocycles. The molecule has 0 bridgehead atoms. The molecule has 1 saturated heterocycles. The molecular weight excluding hydrogens is 400 g/mol. The summed E-state index contributed by atoms with van der Waals surface area (Å²) >= 11 is 1.64. The summed E-state index contributed by atoms with van der Waals surface area (Å²) in [4.78, 5) is 30.9. The zero-order valence-electron chi connectivity index (χ0n) is 16.8. The lowest BCUT2D eigenvalue weighted by atomic mass is 10.1. The van der Waals surface area contributed by atoms with Crippen LogP contribution >= 0.6 is 11.3 Å². The molecule has 3 amide bonds. The number of ether oxygens (including phenoxy) is 1. The van der Waals surface area contributed by atoms with Gasteiger partial charge in [-0.25, -0.2) is 9.78 Å². The number of para-hydroxylation sites is 1. The van der Waals surface area contributed by atoms with Gasteiger partial charge in [-0.1, -0.05) is 12.1 Å². The number of methoxy groups -OCH3 is 1. The van der Waals surface area contributed by atoms with E-state index in [2.05, 4.69) is 15.6 Å². The van der Waals surface area contributed by atoms with Crippen molar-refractivity contribution in [2.24, 2.45) is 0 Å². The van der Waals surface area contributed by atoms with Gasteiger partial charge in [-0.05, 0) is 43.2 Å². The van der Waals surface area contributed by atoms with Gasteiger partial charge in [0.25, 0.3) is 0 Å². The monoisotopic (exact) mass is 424 g/mol. The van der Waals surface area contributed by atoms with E-state index in [4.69, 9.17) is 4.74 Å². The van der Waals surface area contributed by atoms with E-state index in [1.807, 2.05) is 24.3 Å². The van der Waals surface area contributed by atoms with E-state index in [0.717, 1.165) is 28.1 Å². The van der Waals surface area contributed by atoms with Crippen LogP contribution in [0.2, 0.25) is 0 Å². The van der Waals surface area contributed by atoms with E-state index in [1.54, 1.807) is 41.5 Å². The van der Waals surface area contributed by atoms with E-state index in [1.165, 1.54) is 0 Å². The van der Waals surface area contributed by atoms with Gasteiger partial charge in [-0.3, -0.25) is 4.79 Å². The molecule has 1 aliphatic rings. The van der Waals surface area contributed by atoms with Crippen molar-refractivity contribution in [2.45, 2.75) is 25.7 Å². The number of nitrogens with zero attached hydrogens (tertiary/aromatic N) is 2. The van der Waals surface area contributed by atoms with Gasteiger partial charge in [0.2, 0.25) is 5.91 Å². The highest BCUT2D eigenvalue weighted by molar-refractivity contribution is 7.18. The number of fused-ring (bicyclic) bond motifs is 1. The molecule has 0 atom stereocenters. The van der Waals surface area contributed by atoms with Gasteiger partial charge in [0.15, 0.2) is 0 Å². The van der Waals surface area contributed by atoms with Crippen molar-refractivity contribution in [1.82, 2.24) is 10.3 Å². The zero-order valence-corrected chi connectivity index (χ0v) is 17.6. The van der Waals surface area contributed by atoms with Crippen LogP contribution in [0.4, 0.5) is 16.2 Å². The Morgan fingerprint density at radius 2 is 2.10 bits per heavy atom. The first-order valence-electron chi connectivity index (χ1n) is 10.0. The number of hydrogen-bond donors (Lipinski definition) is 2. The third kappa shape index (κ3) is 4.54. The normalized spacial score (nSPS) is 14.0.